The number of ether oxygens (including phenoxy) is 2. The lowest BCUT2D eigenvalue weighted by atomic mass is 9.74. The van der Waals surface area contributed by atoms with Crippen molar-refractivity contribution in [2.24, 2.45) is 17.8 Å². The zero-order chi connectivity index (χ0) is 22.1. The minimum Gasteiger partial charge on any atom is -0.348 e. The van der Waals surface area contributed by atoms with Crippen LogP contribution in [0.3, 0.4) is 0 Å². The molecule has 0 bridgehead atoms. The van der Waals surface area contributed by atoms with Gasteiger partial charge in [0, 0.05) is 11.5 Å². The largest absolute Gasteiger partial charge is 0.348 e. The summed E-state index contributed by atoms with van der Waals surface area (Å²) in [6.45, 7) is 3.37. The highest BCUT2D eigenvalue weighted by Gasteiger charge is 2.32. The zero-order valence-electron chi connectivity index (χ0n) is 18.9. The molecule has 172 valence electrons. The fourth-order valence-electron chi connectivity index (χ4n) is 5.16. The summed E-state index contributed by atoms with van der Waals surface area (Å²) in [5, 5.41) is 8.81. The van der Waals surface area contributed by atoms with E-state index in [1.807, 2.05) is 0 Å². The van der Waals surface area contributed by atoms with Gasteiger partial charge >= 0.3 is 0 Å². The molecule has 0 unspecified atom stereocenters. The van der Waals surface area contributed by atoms with Gasteiger partial charge in [0.2, 0.25) is 0 Å². The quantitative estimate of drug-likeness (QED) is 0.360. The molecule has 1 saturated heterocycles. The van der Waals surface area contributed by atoms with Crippen LogP contribution in [-0.4, -0.2) is 13.2 Å². The van der Waals surface area contributed by atoms with Crippen LogP contribution in [0.5, 0.6) is 0 Å². The third-order valence-corrected chi connectivity index (χ3v) is 7.15. The maximum absolute atomic E-state index is 13.9. The summed E-state index contributed by atoms with van der Waals surface area (Å²) in [7, 11) is 0. The first kappa shape index (κ1) is 24.1. The van der Waals surface area contributed by atoms with Crippen molar-refractivity contribution in [3.63, 3.8) is 0 Å². The van der Waals surface area contributed by atoms with Gasteiger partial charge in [-0.25, -0.2) is 8.78 Å². The topological polar surface area (TPSA) is 42.2 Å². The summed E-state index contributed by atoms with van der Waals surface area (Å²) >= 11 is 0. The molecule has 2 fully saturated rings. The van der Waals surface area contributed by atoms with Crippen molar-refractivity contribution >= 4 is 0 Å². The van der Waals surface area contributed by atoms with Gasteiger partial charge in [0.1, 0.15) is 23.3 Å². The lowest BCUT2D eigenvalue weighted by Gasteiger charge is -2.38. The molecule has 1 aromatic rings. The van der Waals surface area contributed by atoms with E-state index in [1.165, 1.54) is 77.0 Å². The van der Waals surface area contributed by atoms with Gasteiger partial charge in [-0.1, -0.05) is 71.1 Å². The first-order chi connectivity index (χ1) is 15.1. The maximum Gasteiger partial charge on any atom is 0.184 e. The van der Waals surface area contributed by atoms with E-state index in [0.29, 0.717) is 30.6 Å². The van der Waals surface area contributed by atoms with Crippen molar-refractivity contribution in [1.82, 2.24) is 0 Å². The number of unbranched alkanes of at least 4 members (excludes halogenated alkanes) is 6. The van der Waals surface area contributed by atoms with Crippen molar-refractivity contribution in [3.05, 3.63) is 34.9 Å². The zero-order valence-corrected chi connectivity index (χ0v) is 18.9. The second kappa shape index (κ2) is 12.5. The molecule has 2 aliphatic rings. The van der Waals surface area contributed by atoms with Crippen LogP contribution in [0.4, 0.5) is 8.78 Å². The fraction of sp³-hybridized carbons (Fsp3) is 0.731. The Hall–Kier alpha value is -1.51. The summed E-state index contributed by atoms with van der Waals surface area (Å²) < 4.78 is 39.4. The number of benzene rings is 1. The molecule has 0 amide bonds. The predicted octanol–water partition coefficient (Wildman–Crippen LogP) is 7.45. The lowest BCUT2D eigenvalue weighted by molar-refractivity contribution is -0.215. The molecule has 3 nitrogen and oxygen atoms in total. The molecule has 0 N–H and O–H groups in total. The molecular weight excluding hydrogens is 396 g/mol. The third-order valence-electron chi connectivity index (χ3n) is 7.15. The van der Waals surface area contributed by atoms with Gasteiger partial charge in [0.15, 0.2) is 6.29 Å². The lowest BCUT2D eigenvalue weighted by Crippen LogP contribution is -2.34. The van der Waals surface area contributed by atoms with Crippen LogP contribution in [0.2, 0.25) is 0 Å². The summed E-state index contributed by atoms with van der Waals surface area (Å²) in [4.78, 5) is 0. The predicted molar refractivity (Wildman–Crippen MR) is 117 cm³/mol. The van der Waals surface area contributed by atoms with Crippen molar-refractivity contribution in [2.45, 2.75) is 90.3 Å². The molecule has 5 heteroatoms. The summed E-state index contributed by atoms with van der Waals surface area (Å²) in [5.41, 5.74) is -0.267. The van der Waals surface area contributed by atoms with Crippen molar-refractivity contribution in [3.8, 4) is 6.07 Å². The van der Waals surface area contributed by atoms with E-state index >= 15 is 0 Å². The van der Waals surface area contributed by atoms with Crippen molar-refractivity contribution < 1.29 is 18.3 Å². The Morgan fingerprint density at radius 2 is 1.45 bits per heavy atom. The van der Waals surface area contributed by atoms with Crippen LogP contribution in [0, 0.1) is 40.7 Å². The number of rotatable bonds is 10. The average Bonchev–Trinajstić information content (AvgIpc) is 2.79. The Bertz CT molecular complexity index is 694. The molecular formula is C26H37F2NO2. The molecule has 0 spiro atoms. The van der Waals surface area contributed by atoms with Gasteiger partial charge in [0.25, 0.3) is 0 Å². The Labute approximate surface area is 186 Å². The number of hydrogen-bond donors (Lipinski definition) is 0. The van der Waals surface area contributed by atoms with E-state index in [4.69, 9.17) is 14.7 Å². The van der Waals surface area contributed by atoms with Crippen LogP contribution >= 0.6 is 0 Å². The number of hydrogen-bond acceptors (Lipinski definition) is 3. The summed E-state index contributed by atoms with van der Waals surface area (Å²) in [6.07, 6.45) is 15.3. The van der Waals surface area contributed by atoms with Gasteiger partial charge in [-0.15, -0.1) is 0 Å². The van der Waals surface area contributed by atoms with Gasteiger partial charge in [-0.2, -0.15) is 5.26 Å². The minimum absolute atomic E-state index is 0.297. The van der Waals surface area contributed by atoms with Gasteiger partial charge < -0.3 is 9.47 Å². The van der Waals surface area contributed by atoms with Gasteiger partial charge in [-0.3, -0.25) is 0 Å². The van der Waals surface area contributed by atoms with E-state index in [9.17, 15) is 8.78 Å². The molecule has 3 rings (SSSR count). The second-order valence-corrected chi connectivity index (χ2v) is 9.42. The SMILES string of the molecule is CCCCCCCCC[C@H]1CC[C@H]([C@H]2CO[C@H](c3cc(F)c(C#N)c(F)c3)OC2)CC1. The molecule has 1 aliphatic heterocycles. The summed E-state index contributed by atoms with van der Waals surface area (Å²) in [5.74, 6) is 0.0939. The molecule has 1 aromatic carbocycles. The van der Waals surface area contributed by atoms with E-state index < -0.39 is 23.5 Å². The first-order valence-corrected chi connectivity index (χ1v) is 12.2. The standard InChI is InChI=1S/C26H37F2NO2/c1-2-3-4-5-6-7-8-9-19-10-12-20(13-11-19)22-17-30-26(31-18-22)21-14-24(27)23(16-29)25(28)15-21/h14-15,19-20,22,26H,2-13,17-18H2,1H3/t19-,20-,22-,26-. The summed E-state index contributed by atoms with van der Waals surface area (Å²) in [6, 6.07) is 3.82. The second-order valence-electron chi connectivity index (χ2n) is 9.42. The number of halogens is 2. The molecule has 1 aliphatic carbocycles. The van der Waals surface area contributed by atoms with Crippen LogP contribution in [-0.2, 0) is 9.47 Å². The Kier molecular flexibility index (Phi) is 9.74. The highest BCUT2D eigenvalue weighted by molar-refractivity contribution is 5.35. The van der Waals surface area contributed by atoms with Crippen LogP contribution < -0.4 is 0 Å². The molecule has 0 radical (unpaired) electrons. The molecule has 1 heterocycles. The average molecular weight is 434 g/mol. The molecule has 1 saturated carbocycles. The molecule has 0 atom stereocenters. The Morgan fingerprint density at radius 1 is 0.871 bits per heavy atom. The van der Waals surface area contributed by atoms with E-state index in [1.54, 1.807) is 6.07 Å². The third kappa shape index (κ3) is 6.99. The van der Waals surface area contributed by atoms with Crippen LogP contribution in [0.25, 0.3) is 0 Å². The number of nitriles is 1. The Balaban J connectivity index is 1.35. The van der Waals surface area contributed by atoms with E-state index in [0.717, 1.165) is 18.1 Å². The maximum atomic E-state index is 13.9. The van der Waals surface area contributed by atoms with Gasteiger partial charge in [0.05, 0.1) is 13.2 Å². The highest BCUT2D eigenvalue weighted by atomic mass is 19.1. The minimum atomic E-state index is -0.869. The van der Waals surface area contributed by atoms with E-state index in [-0.39, 0.29) is 0 Å². The number of nitrogens with zero attached hydrogens (tertiary/aromatic N) is 1. The normalized spacial score (nSPS) is 26.5. The first-order valence-electron chi connectivity index (χ1n) is 12.2. The highest BCUT2D eigenvalue weighted by Crippen LogP contribution is 2.39. The van der Waals surface area contributed by atoms with E-state index in [2.05, 4.69) is 6.92 Å². The van der Waals surface area contributed by atoms with Crippen molar-refractivity contribution in [1.29, 1.82) is 5.26 Å². The molecule has 31 heavy (non-hydrogen) atoms. The van der Waals surface area contributed by atoms with Gasteiger partial charge in [-0.05, 0) is 36.8 Å². The monoisotopic (exact) mass is 433 g/mol. The Morgan fingerprint density at radius 3 is 2.03 bits per heavy atom. The van der Waals surface area contributed by atoms with Crippen molar-refractivity contribution in [2.75, 3.05) is 13.2 Å². The smallest absolute Gasteiger partial charge is 0.184 e. The van der Waals surface area contributed by atoms with Crippen LogP contribution in [0.15, 0.2) is 12.1 Å². The van der Waals surface area contributed by atoms with Crippen LogP contribution in [0.1, 0.15) is 101 Å². The fourth-order valence-corrected chi connectivity index (χ4v) is 5.16. The molecule has 0 aromatic heterocycles.